The number of nitrogens with two attached hydrogens (primary N) is 1. The van der Waals surface area contributed by atoms with Crippen LogP contribution in [0.25, 0.3) is 0 Å². The van der Waals surface area contributed by atoms with Crippen LogP contribution >= 0.6 is 0 Å². The van der Waals surface area contributed by atoms with Crippen LogP contribution in [0, 0.1) is 11.8 Å². The van der Waals surface area contributed by atoms with Gasteiger partial charge in [0.2, 0.25) is 15.9 Å². The lowest BCUT2D eigenvalue weighted by atomic mass is 10.2. The monoisotopic (exact) mass is 282 g/mol. The van der Waals surface area contributed by atoms with E-state index in [1.54, 1.807) is 12.1 Å². The van der Waals surface area contributed by atoms with E-state index < -0.39 is 15.9 Å². The summed E-state index contributed by atoms with van der Waals surface area (Å²) in [5.41, 5.74) is 5.21. The minimum absolute atomic E-state index is 0.000389. The Hall–Kier alpha value is -1.88. The van der Waals surface area contributed by atoms with Crippen LogP contribution in [0.5, 0.6) is 0 Å². The Bertz CT molecular complexity index is 614. The van der Waals surface area contributed by atoms with E-state index in [1.807, 2.05) is 0 Å². The molecule has 0 spiro atoms. The van der Waals surface area contributed by atoms with Gasteiger partial charge in [-0.3, -0.25) is 4.79 Å². The average Bonchev–Trinajstić information content (AvgIpc) is 2.36. The zero-order valence-corrected chi connectivity index (χ0v) is 10.9. The third-order valence-corrected chi connectivity index (χ3v) is 3.66. The molecule has 0 atom stereocenters. The highest BCUT2D eigenvalue weighted by Crippen LogP contribution is 2.13. The van der Waals surface area contributed by atoms with Crippen LogP contribution in [0.4, 0.5) is 0 Å². The number of carbonyl (C=O) groups excluding carboxylic acids is 1. The minimum atomic E-state index is -3.76. The van der Waals surface area contributed by atoms with Crippen molar-refractivity contribution in [3.63, 3.8) is 0 Å². The number of hydrogen-bond donors (Lipinski definition) is 3. The van der Waals surface area contributed by atoms with E-state index in [1.165, 1.54) is 12.1 Å². The first-order valence-electron chi connectivity index (χ1n) is 5.44. The molecule has 4 N–H and O–H groups in total. The zero-order chi connectivity index (χ0) is 14.3. The number of aliphatic hydroxyl groups is 1. The molecule has 0 aromatic heterocycles. The van der Waals surface area contributed by atoms with Gasteiger partial charge < -0.3 is 10.8 Å². The molecule has 0 bridgehead atoms. The number of hydrogen-bond acceptors (Lipinski definition) is 4. The summed E-state index contributed by atoms with van der Waals surface area (Å²) in [4.78, 5) is 10.6. The highest BCUT2D eigenvalue weighted by Gasteiger charge is 2.16. The van der Waals surface area contributed by atoms with Gasteiger partial charge in [0, 0.05) is 18.5 Å². The summed E-state index contributed by atoms with van der Waals surface area (Å²) in [7, 11) is -3.76. The van der Waals surface area contributed by atoms with E-state index >= 15 is 0 Å². The van der Waals surface area contributed by atoms with Gasteiger partial charge >= 0.3 is 0 Å². The Morgan fingerprint density at radius 2 is 2.05 bits per heavy atom. The Balaban J connectivity index is 2.97. The lowest BCUT2D eigenvalue weighted by Gasteiger charge is -2.07. The first-order valence-corrected chi connectivity index (χ1v) is 6.92. The topological polar surface area (TPSA) is 109 Å². The van der Waals surface area contributed by atoms with Gasteiger partial charge in [0.25, 0.3) is 0 Å². The maximum Gasteiger partial charge on any atom is 0.241 e. The van der Waals surface area contributed by atoms with Crippen LogP contribution < -0.4 is 10.5 Å². The summed E-state index contributed by atoms with van der Waals surface area (Å²) < 4.78 is 26.3. The predicted octanol–water partition coefficient (Wildman–Crippen LogP) is -0.816. The van der Waals surface area contributed by atoms with Gasteiger partial charge in [0.05, 0.1) is 4.90 Å². The number of carbonyl (C=O) groups is 1. The third-order valence-electron chi connectivity index (χ3n) is 2.14. The maximum absolute atomic E-state index is 12.0. The summed E-state index contributed by atoms with van der Waals surface area (Å²) in [6.45, 7) is -0.428. The van der Waals surface area contributed by atoms with E-state index in [2.05, 4.69) is 16.6 Å². The molecule has 0 saturated heterocycles. The molecule has 1 amide bonds. The summed E-state index contributed by atoms with van der Waals surface area (Å²) in [5, 5.41) is 8.63. The maximum atomic E-state index is 12.0. The number of nitrogens with one attached hydrogen (secondary N) is 1. The van der Waals surface area contributed by atoms with E-state index in [0.717, 1.165) is 0 Å². The average molecular weight is 282 g/mol. The molecule has 6 nitrogen and oxygen atoms in total. The largest absolute Gasteiger partial charge is 0.384 e. The van der Waals surface area contributed by atoms with Gasteiger partial charge in [-0.15, -0.1) is 0 Å². The number of aliphatic hydroxyl groups excluding tert-OH is 1. The number of sulfonamides is 1. The molecule has 7 heteroatoms. The van der Waals surface area contributed by atoms with Crippen molar-refractivity contribution in [1.82, 2.24) is 4.72 Å². The van der Waals surface area contributed by atoms with Crippen molar-refractivity contribution in [2.24, 2.45) is 5.73 Å². The molecular formula is C12H14N2O4S. The molecule has 0 saturated carbocycles. The number of benzene rings is 1. The Morgan fingerprint density at radius 3 is 2.68 bits per heavy atom. The summed E-state index contributed by atoms with van der Waals surface area (Å²) in [5.74, 6) is 4.36. The van der Waals surface area contributed by atoms with E-state index in [0.29, 0.717) is 0 Å². The summed E-state index contributed by atoms with van der Waals surface area (Å²) in [6.07, 6.45) is -0.0796. The Morgan fingerprint density at radius 1 is 1.37 bits per heavy atom. The smallest absolute Gasteiger partial charge is 0.241 e. The van der Waals surface area contributed by atoms with Gasteiger partial charge in [-0.2, -0.15) is 0 Å². The molecule has 0 heterocycles. The first-order chi connectivity index (χ1) is 8.97. The van der Waals surface area contributed by atoms with Gasteiger partial charge in [-0.05, 0) is 12.1 Å². The summed E-state index contributed by atoms with van der Waals surface area (Å²) in [6, 6.07) is 6.13. The van der Waals surface area contributed by atoms with E-state index in [-0.39, 0.29) is 30.0 Å². The molecule has 0 aliphatic rings. The van der Waals surface area contributed by atoms with E-state index in [4.69, 9.17) is 10.8 Å². The SMILES string of the molecule is NC(=O)CCNS(=O)(=O)c1ccccc1C#CCO. The van der Waals surface area contributed by atoms with Crippen molar-refractivity contribution in [2.45, 2.75) is 11.3 Å². The van der Waals surface area contributed by atoms with Gasteiger partial charge in [-0.25, -0.2) is 13.1 Å². The van der Waals surface area contributed by atoms with Crippen molar-refractivity contribution in [2.75, 3.05) is 13.2 Å². The number of amides is 1. The fraction of sp³-hybridized carbons (Fsp3) is 0.250. The Kier molecular flexibility index (Phi) is 5.51. The minimum Gasteiger partial charge on any atom is -0.384 e. The van der Waals surface area contributed by atoms with Crippen molar-refractivity contribution in [3.8, 4) is 11.8 Å². The van der Waals surface area contributed by atoms with Gasteiger partial charge in [-0.1, -0.05) is 24.0 Å². The molecule has 0 aliphatic carbocycles. The van der Waals surface area contributed by atoms with Crippen LogP contribution in [0.2, 0.25) is 0 Å². The highest BCUT2D eigenvalue weighted by atomic mass is 32.2. The second-order valence-corrected chi connectivity index (χ2v) is 5.31. The standard InChI is InChI=1S/C12H14N2O4S/c13-12(16)7-8-14-19(17,18)11-6-2-1-4-10(11)5-3-9-15/h1-2,4,6,14-15H,7-9H2,(H2,13,16). The van der Waals surface area contributed by atoms with Crippen LogP contribution in [0.1, 0.15) is 12.0 Å². The molecule has 1 rings (SSSR count). The first kappa shape index (κ1) is 15.2. The van der Waals surface area contributed by atoms with Gasteiger partial charge in [0.1, 0.15) is 6.61 Å². The van der Waals surface area contributed by atoms with Crippen LogP contribution in [-0.4, -0.2) is 32.6 Å². The fourth-order valence-electron chi connectivity index (χ4n) is 1.33. The van der Waals surface area contributed by atoms with Crippen LogP contribution in [-0.2, 0) is 14.8 Å². The summed E-state index contributed by atoms with van der Waals surface area (Å²) >= 11 is 0. The number of primary amides is 1. The Labute approximate surface area is 111 Å². The molecule has 0 radical (unpaired) electrons. The van der Waals surface area contributed by atoms with Crippen molar-refractivity contribution in [3.05, 3.63) is 29.8 Å². The quantitative estimate of drug-likeness (QED) is 0.613. The fourth-order valence-corrected chi connectivity index (χ4v) is 2.52. The lowest BCUT2D eigenvalue weighted by Crippen LogP contribution is -2.28. The molecule has 0 aliphatic heterocycles. The predicted molar refractivity (Wildman–Crippen MR) is 69.4 cm³/mol. The highest BCUT2D eigenvalue weighted by molar-refractivity contribution is 7.89. The zero-order valence-electron chi connectivity index (χ0n) is 10.1. The van der Waals surface area contributed by atoms with Crippen LogP contribution in [0.3, 0.4) is 0 Å². The van der Waals surface area contributed by atoms with Gasteiger partial charge in [0.15, 0.2) is 0 Å². The number of rotatable bonds is 5. The lowest BCUT2D eigenvalue weighted by molar-refractivity contribution is -0.117. The normalized spacial score (nSPS) is 10.6. The molecule has 1 aromatic carbocycles. The second-order valence-electron chi connectivity index (χ2n) is 3.57. The molecular weight excluding hydrogens is 268 g/mol. The van der Waals surface area contributed by atoms with Crippen molar-refractivity contribution < 1.29 is 18.3 Å². The molecule has 1 aromatic rings. The molecule has 0 fully saturated rings. The molecule has 0 unspecified atom stereocenters. The van der Waals surface area contributed by atoms with Crippen molar-refractivity contribution in [1.29, 1.82) is 0 Å². The molecule has 102 valence electrons. The third kappa shape index (κ3) is 4.71. The molecule has 19 heavy (non-hydrogen) atoms. The second kappa shape index (κ2) is 6.89. The van der Waals surface area contributed by atoms with Crippen LogP contribution in [0.15, 0.2) is 29.2 Å². The van der Waals surface area contributed by atoms with Crippen molar-refractivity contribution >= 4 is 15.9 Å². The van der Waals surface area contributed by atoms with E-state index in [9.17, 15) is 13.2 Å².